The van der Waals surface area contributed by atoms with E-state index in [1.807, 2.05) is 0 Å². The van der Waals surface area contributed by atoms with Crippen LogP contribution in [-0.4, -0.2) is 22.5 Å². The molecule has 3 rings (SSSR count). The van der Waals surface area contributed by atoms with Gasteiger partial charge in [-0.1, -0.05) is 12.8 Å². The fraction of sp³-hybridized carbons (Fsp3) is 0.857. The van der Waals surface area contributed by atoms with Crippen LogP contribution >= 0.6 is 0 Å². The summed E-state index contributed by atoms with van der Waals surface area (Å²) in [6, 6.07) is 0. The normalized spacial score (nSPS) is 36.1. The van der Waals surface area contributed by atoms with Gasteiger partial charge >= 0.3 is 5.97 Å². The van der Waals surface area contributed by atoms with Crippen LogP contribution in [0, 0.1) is 17.8 Å². The maximum atomic E-state index is 12.3. The molecule has 0 aromatic heterocycles. The van der Waals surface area contributed by atoms with Crippen LogP contribution in [0.25, 0.3) is 0 Å². The molecule has 2 N–H and O–H groups in total. The Morgan fingerprint density at radius 1 is 1.11 bits per heavy atom. The van der Waals surface area contributed by atoms with Gasteiger partial charge in [-0.2, -0.15) is 0 Å². The lowest BCUT2D eigenvalue weighted by atomic mass is 9.74. The molecule has 0 saturated heterocycles. The van der Waals surface area contributed by atoms with Crippen molar-refractivity contribution in [1.82, 2.24) is 5.32 Å². The molecule has 0 radical (unpaired) electrons. The summed E-state index contributed by atoms with van der Waals surface area (Å²) in [7, 11) is 0. The van der Waals surface area contributed by atoms with Gasteiger partial charge in [-0.05, 0) is 43.9 Å². The van der Waals surface area contributed by atoms with Gasteiger partial charge in [0.15, 0.2) is 0 Å². The Morgan fingerprint density at radius 2 is 1.72 bits per heavy atom. The van der Waals surface area contributed by atoms with Gasteiger partial charge in [-0.25, -0.2) is 0 Å². The predicted octanol–water partition coefficient (Wildman–Crippen LogP) is 1.94. The highest BCUT2D eigenvalue weighted by Crippen LogP contribution is 2.55. The molecule has 4 heteroatoms. The zero-order valence-corrected chi connectivity index (χ0v) is 10.7. The summed E-state index contributed by atoms with van der Waals surface area (Å²) >= 11 is 0. The number of rotatable bonds is 4. The van der Waals surface area contributed by atoms with E-state index in [4.69, 9.17) is 5.11 Å². The second-order valence-corrected chi connectivity index (χ2v) is 6.33. The standard InChI is InChI=1S/C14H21NO3/c16-11(17)8-14(6-3-7-14)15-13(18)12-9-4-1-2-5-10(9)12/h9-10,12H,1-8H2,(H,15,18)(H,16,17)/t9-,10-/m0/s1. The molecular formula is C14H21NO3. The van der Waals surface area contributed by atoms with Crippen LogP contribution < -0.4 is 5.32 Å². The van der Waals surface area contributed by atoms with Crippen molar-refractivity contribution in [2.24, 2.45) is 17.8 Å². The fourth-order valence-corrected chi connectivity index (χ4v) is 3.96. The second-order valence-electron chi connectivity index (χ2n) is 6.33. The Kier molecular flexibility index (Phi) is 2.83. The quantitative estimate of drug-likeness (QED) is 0.802. The van der Waals surface area contributed by atoms with Crippen LogP contribution in [0.1, 0.15) is 51.4 Å². The minimum Gasteiger partial charge on any atom is -0.481 e. The van der Waals surface area contributed by atoms with E-state index in [0.717, 1.165) is 19.3 Å². The maximum absolute atomic E-state index is 12.3. The SMILES string of the molecule is O=C(O)CC1(NC(=O)C2[C@H]3CCCC[C@H]23)CCC1. The molecule has 1 amide bonds. The molecule has 4 nitrogen and oxygen atoms in total. The zero-order chi connectivity index (χ0) is 12.8. The van der Waals surface area contributed by atoms with E-state index in [9.17, 15) is 9.59 Å². The molecule has 0 heterocycles. The third-order valence-electron chi connectivity index (χ3n) is 5.15. The molecule has 0 spiro atoms. The van der Waals surface area contributed by atoms with Crippen LogP contribution in [0.2, 0.25) is 0 Å². The van der Waals surface area contributed by atoms with Gasteiger partial charge in [0.25, 0.3) is 0 Å². The van der Waals surface area contributed by atoms with E-state index in [2.05, 4.69) is 5.32 Å². The van der Waals surface area contributed by atoms with Crippen LogP contribution in [0.3, 0.4) is 0 Å². The highest BCUT2D eigenvalue weighted by Gasteiger charge is 2.56. The lowest BCUT2D eigenvalue weighted by Gasteiger charge is -2.41. The number of carboxylic acids is 1. The number of hydrogen-bond donors (Lipinski definition) is 2. The number of carbonyl (C=O) groups excluding carboxylic acids is 1. The molecule has 0 unspecified atom stereocenters. The van der Waals surface area contributed by atoms with Crippen molar-refractivity contribution in [2.45, 2.75) is 56.9 Å². The summed E-state index contributed by atoms with van der Waals surface area (Å²) in [6.45, 7) is 0. The van der Waals surface area contributed by atoms with E-state index in [1.165, 1.54) is 25.7 Å². The average Bonchev–Trinajstić information content (AvgIpc) is 2.99. The molecule has 0 aliphatic heterocycles. The van der Waals surface area contributed by atoms with E-state index in [0.29, 0.717) is 11.8 Å². The van der Waals surface area contributed by atoms with Crippen molar-refractivity contribution in [3.05, 3.63) is 0 Å². The van der Waals surface area contributed by atoms with Crippen molar-refractivity contribution < 1.29 is 14.7 Å². The molecule has 3 aliphatic rings. The zero-order valence-electron chi connectivity index (χ0n) is 10.7. The smallest absolute Gasteiger partial charge is 0.305 e. The molecule has 0 aromatic carbocycles. The third kappa shape index (κ3) is 2.02. The van der Waals surface area contributed by atoms with Crippen molar-refractivity contribution >= 4 is 11.9 Å². The van der Waals surface area contributed by atoms with Gasteiger partial charge in [-0.15, -0.1) is 0 Å². The van der Waals surface area contributed by atoms with Gasteiger partial charge in [0.1, 0.15) is 0 Å². The number of hydrogen-bond acceptors (Lipinski definition) is 2. The number of nitrogens with one attached hydrogen (secondary N) is 1. The molecule has 0 bridgehead atoms. The summed E-state index contributed by atoms with van der Waals surface area (Å²) in [6.07, 6.45) is 7.66. The fourth-order valence-electron chi connectivity index (χ4n) is 3.96. The lowest BCUT2D eigenvalue weighted by Crippen LogP contribution is -2.55. The minimum atomic E-state index is -0.803. The molecule has 0 aromatic rings. The van der Waals surface area contributed by atoms with Crippen LogP contribution in [0.15, 0.2) is 0 Å². The molecule has 2 atom stereocenters. The average molecular weight is 251 g/mol. The first-order valence-electron chi connectivity index (χ1n) is 7.15. The lowest BCUT2D eigenvalue weighted by molar-refractivity contribution is -0.140. The van der Waals surface area contributed by atoms with Gasteiger partial charge in [0.05, 0.1) is 12.0 Å². The largest absolute Gasteiger partial charge is 0.481 e. The number of aliphatic carboxylic acids is 1. The van der Waals surface area contributed by atoms with Crippen LogP contribution in [-0.2, 0) is 9.59 Å². The van der Waals surface area contributed by atoms with Gasteiger partial charge in [0, 0.05) is 5.92 Å². The Hall–Kier alpha value is -1.06. The van der Waals surface area contributed by atoms with Crippen LogP contribution in [0.4, 0.5) is 0 Å². The van der Waals surface area contributed by atoms with Crippen molar-refractivity contribution in [2.75, 3.05) is 0 Å². The van der Waals surface area contributed by atoms with Crippen molar-refractivity contribution in [1.29, 1.82) is 0 Å². The highest BCUT2D eigenvalue weighted by atomic mass is 16.4. The highest BCUT2D eigenvalue weighted by molar-refractivity contribution is 5.84. The first kappa shape index (κ1) is 12.0. The molecule has 18 heavy (non-hydrogen) atoms. The van der Waals surface area contributed by atoms with Crippen molar-refractivity contribution in [3.8, 4) is 0 Å². The van der Waals surface area contributed by atoms with Crippen LogP contribution in [0.5, 0.6) is 0 Å². The molecule has 100 valence electrons. The first-order valence-corrected chi connectivity index (χ1v) is 7.15. The number of amides is 1. The van der Waals surface area contributed by atoms with E-state index >= 15 is 0 Å². The summed E-state index contributed by atoms with van der Waals surface area (Å²) in [4.78, 5) is 23.1. The van der Waals surface area contributed by atoms with E-state index in [1.54, 1.807) is 0 Å². The summed E-state index contributed by atoms with van der Waals surface area (Å²) in [5, 5.41) is 12.0. The maximum Gasteiger partial charge on any atom is 0.305 e. The second kappa shape index (κ2) is 4.25. The summed E-state index contributed by atoms with van der Waals surface area (Å²) in [5.74, 6) is 0.719. The Labute approximate surface area is 107 Å². The monoisotopic (exact) mass is 251 g/mol. The minimum absolute atomic E-state index is 0.0841. The molecule has 3 aliphatic carbocycles. The summed E-state index contributed by atoms with van der Waals surface area (Å²) < 4.78 is 0. The van der Waals surface area contributed by atoms with Gasteiger partial charge in [0.2, 0.25) is 5.91 Å². The third-order valence-corrected chi connectivity index (χ3v) is 5.15. The van der Waals surface area contributed by atoms with E-state index in [-0.39, 0.29) is 18.2 Å². The first-order chi connectivity index (χ1) is 8.61. The predicted molar refractivity (Wildman–Crippen MR) is 65.9 cm³/mol. The van der Waals surface area contributed by atoms with Gasteiger partial charge in [-0.3, -0.25) is 9.59 Å². The Morgan fingerprint density at radius 3 is 2.17 bits per heavy atom. The summed E-state index contributed by atoms with van der Waals surface area (Å²) in [5.41, 5.74) is -0.422. The molecule has 3 saturated carbocycles. The number of carbonyl (C=O) groups is 2. The van der Waals surface area contributed by atoms with Crippen molar-refractivity contribution in [3.63, 3.8) is 0 Å². The van der Waals surface area contributed by atoms with E-state index < -0.39 is 11.5 Å². The molecular weight excluding hydrogens is 230 g/mol. The Bertz CT molecular complexity index is 363. The molecule has 3 fully saturated rings. The Balaban J connectivity index is 1.59. The van der Waals surface area contributed by atoms with Gasteiger partial charge < -0.3 is 10.4 Å². The number of carboxylic acid groups (broad SMARTS) is 1. The topological polar surface area (TPSA) is 66.4 Å². The number of fused-ring (bicyclic) bond motifs is 1.